The van der Waals surface area contributed by atoms with Crippen molar-refractivity contribution in [3.63, 3.8) is 0 Å². The summed E-state index contributed by atoms with van der Waals surface area (Å²) in [4.78, 5) is 12.4. The molecular weight excluding hydrogens is 288 g/mol. The van der Waals surface area contributed by atoms with E-state index in [1.54, 1.807) is 0 Å². The van der Waals surface area contributed by atoms with Crippen LogP contribution in [0.4, 0.5) is 0 Å². The SMILES string of the molecule is O=C(N[C@@H]1CCn2nccc2C1)c1ccc(-n2cccc2)cc1. The summed E-state index contributed by atoms with van der Waals surface area (Å²) in [6.45, 7) is 0.861. The van der Waals surface area contributed by atoms with Crippen molar-refractivity contribution < 1.29 is 4.79 Å². The van der Waals surface area contributed by atoms with Gasteiger partial charge in [0, 0.05) is 54.5 Å². The third-order valence-electron chi connectivity index (χ3n) is 4.32. The lowest BCUT2D eigenvalue weighted by atomic mass is 10.0. The van der Waals surface area contributed by atoms with Crippen molar-refractivity contribution in [2.75, 3.05) is 0 Å². The quantitative estimate of drug-likeness (QED) is 0.808. The molecule has 2 aromatic heterocycles. The number of hydrogen-bond donors (Lipinski definition) is 1. The number of fused-ring (bicyclic) bond motifs is 1. The molecule has 1 aliphatic heterocycles. The molecule has 3 heterocycles. The summed E-state index contributed by atoms with van der Waals surface area (Å²) in [5.74, 6) is -0.0120. The third-order valence-corrected chi connectivity index (χ3v) is 4.32. The molecule has 1 atom stereocenters. The van der Waals surface area contributed by atoms with Crippen LogP contribution in [0, 0.1) is 0 Å². The molecule has 0 saturated carbocycles. The maximum atomic E-state index is 12.4. The molecule has 23 heavy (non-hydrogen) atoms. The first-order chi connectivity index (χ1) is 11.3. The van der Waals surface area contributed by atoms with Crippen LogP contribution >= 0.6 is 0 Å². The molecule has 1 amide bonds. The molecule has 0 unspecified atom stereocenters. The van der Waals surface area contributed by atoms with Crippen LogP contribution in [-0.4, -0.2) is 26.3 Å². The van der Waals surface area contributed by atoms with Gasteiger partial charge in [-0.2, -0.15) is 5.10 Å². The van der Waals surface area contributed by atoms with Crippen molar-refractivity contribution in [2.45, 2.75) is 25.4 Å². The van der Waals surface area contributed by atoms with Gasteiger partial charge in [0.1, 0.15) is 0 Å². The Kier molecular flexibility index (Phi) is 3.46. The van der Waals surface area contributed by atoms with Crippen LogP contribution in [0.25, 0.3) is 5.69 Å². The Balaban J connectivity index is 1.43. The average Bonchev–Trinajstić information content (AvgIpc) is 3.26. The molecule has 3 aromatic rings. The molecule has 0 aliphatic carbocycles. The van der Waals surface area contributed by atoms with Crippen LogP contribution in [0.3, 0.4) is 0 Å². The number of rotatable bonds is 3. The highest BCUT2D eigenvalue weighted by Crippen LogP contribution is 2.15. The molecular formula is C18H18N4O. The van der Waals surface area contributed by atoms with Crippen LogP contribution in [0.2, 0.25) is 0 Å². The molecule has 0 radical (unpaired) electrons. The van der Waals surface area contributed by atoms with E-state index in [1.165, 1.54) is 5.69 Å². The molecule has 0 fully saturated rings. The van der Waals surface area contributed by atoms with Crippen molar-refractivity contribution in [3.05, 3.63) is 72.3 Å². The summed E-state index contributed by atoms with van der Waals surface area (Å²) in [5.41, 5.74) is 2.93. The van der Waals surface area contributed by atoms with Gasteiger partial charge >= 0.3 is 0 Å². The molecule has 0 saturated heterocycles. The summed E-state index contributed by atoms with van der Waals surface area (Å²) in [7, 11) is 0. The van der Waals surface area contributed by atoms with Gasteiger partial charge in [0.2, 0.25) is 0 Å². The number of benzene rings is 1. The van der Waals surface area contributed by atoms with Gasteiger partial charge < -0.3 is 9.88 Å². The smallest absolute Gasteiger partial charge is 0.251 e. The van der Waals surface area contributed by atoms with Gasteiger partial charge in [-0.1, -0.05) is 0 Å². The average molecular weight is 306 g/mol. The minimum atomic E-state index is -0.0120. The predicted octanol–water partition coefficient (Wildman–Crippen LogP) is 2.42. The summed E-state index contributed by atoms with van der Waals surface area (Å²) < 4.78 is 4.03. The molecule has 0 bridgehead atoms. The zero-order valence-electron chi connectivity index (χ0n) is 12.7. The highest BCUT2D eigenvalue weighted by atomic mass is 16.1. The number of aromatic nitrogens is 3. The summed E-state index contributed by atoms with van der Waals surface area (Å²) in [6, 6.07) is 13.8. The number of amides is 1. The first-order valence-electron chi connectivity index (χ1n) is 7.84. The summed E-state index contributed by atoms with van der Waals surface area (Å²) >= 11 is 0. The Morgan fingerprint density at radius 1 is 1.13 bits per heavy atom. The number of nitrogens with one attached hydrogen (secondary N) is 1. The second-order valence-electron chi connectivity index (χ2n) is 5.85. The fourth-order valence-corrected chi connectivity index (χ4v) is 3.05. The van der Waals surface area contributed by atoms with E-state index >= 15 is 0 Å². The van der Waals surface area contributed by atoms with E-state index in [2.05, 4.69) is 10.4 Å². The number of aryl methyl sites for hydroxylation is 1. The predicted molar refractivity (Wildman–Crippen MR) is 87.6 cm³/mol. The van der Waals surface area contributed by atoms with Gasteiger partial charge in [-0.15, -0.1) is 0 Å². The Hall–Kier alpha value is -2.82. The van der Waals surface area contributed by atoms with Crippen molar-refractivity contribution in [2.24, 2.45) is 0 Å². The molecule has 1 aliphatic rings. The Morgan fingerprint density at radius 3 is 2.70 bits per heavy atom. The van der Waals surface area contributed by atoms with Gasteiger partial charge in [-0.25, -0.2) is 0 Å². The van der Waals surface area contributed by atoms with Gasteiger partial charge in [0.05, 0.1) is 0 Å². The highest BCUT2D eigenvalue weighted by molar-refractivity contribution is 5.94. The van der Waals surface area contributed by atoms with Crippen LogP contribution in [0.15, 0.2) is 61.1 Å². The van der Waals surface area contributed by atoms with Gasteiger partial charge in [-0.3, -0.25) is 9.48 Å². The van der Waals surface area contributed by atoms with E-state index in [0.717, 1.165) is 25.1 Å². The fourth-order valence-electron chi connectivity index (χ4n) is 3.05. The summed E-state index contributed by atoms with van der Waals surface area (Å²) in [5, 5.41) is 7.40. The van der Waals surface area contributed by atoms with Crippen molar-refractivity contribution in [1.29, 1.82) is 0 Å². The van der Waals surface area contributed by atoms with E-state index in [-0.39, 0.29) is 11.9 Å². The Labute approximate surface area is 134 Å². The Morgan fingerprint density at radius 2 is 1.91 bits per heavy atom. The lowest BCUT2D eigenvalue weighted by Crippen LogP contribution is -2.40. The van der Waals surface area contributed by atoms with Crippen molar-refractivity contribution in [1.82, 2.24) is 19.7 Å². The van der Waals surface area contributed by atoms with Crippen LogP contribution in [-0.2, 0) is 13.0 Å². The Bertz CT molecular complexity index is 802. The first-order valence-corrected chi connectivity index (χ1v) is 7.84. The van der Waals surface area contributed by atoms with Gasteiger partial charge in [0.25, 0.3) is 5.91 Å². The molecule has 4 rings (SSSR count). The second kappa shape index (κ2) is 5.76. The molecule has 0 spiro atoms. The number of nitrogens with zero attached hydrogens (tertiary/aromatic N) is 3. The second-order valence-corrected chi connectivity index (χ2v) is 5.85. The molecule has 116 valence electrons. The number of carbonyl (C=O) groups excluding carboxylic acids is 1. The largest absolute Gasteiger partial charge is 0.349 e. The monoisotopic (exact) mass is 306 g/mol. The number of hydrogen-bond acceptors (Lipinski definition) is 2. The maximum absolute atomic E-state index is 12.4. The molecule has 1 aromatic carbocycles. The minimum Gasteiger partial charge on any atom is -0.349 e. The van der Waals surface area contributed by atoms with Crippen LogP contribution in [0.5, 0.6) is 0 Å². The van der Waals surface area contributed by atoms with E-state index in [0.29, 0.717) is 5.56 Å². The van der Waals surface area contributed by atoms with Gasteiger partial charge in [-0.05, 0) is 48.9 Å². The standard InChI is InChI=1S/C18H18N4O/c23-18(20-15-8-12-22-17(13-15)7-9-19-22)14-3-5-16(6-4-14)21-10-1-2-11-21/h1-7,9-11,15H,8,12-13H2,(H,20,23)/t15-/m1/s1. The lowest BCUT2D eigenvalue weighted by Gasteiger charge is -2.24. The third kappa shape index (κ3) is 2.77. The fraction of sp³-hybridized carbons (Fsp3) is 0.222. The summed E-state index contributed by atoms with van der Waals surface area (Å²) in [6.07, 6.45) is 7.55. The highest BCUT2D eigenvalue weighted by Gasteiger charge is 2.20. The minimum absolute atomic E-state index is 0.0120. The normalized spacial score (nSPS) is 16.8. The zero-order valence-corrected chi connectivity index (χ0v) is 12.7. The van der Waals surface area contributed by atoms with E-state index in [1.807, 2.05) is 70.3 Å². The lowest BCUT2D eigenvalue weighted by molar-refractivity contribution is 0.0930. The van der Waals surface area contributed by atoms with E-state index < -0.39 is 0 Å². The van der Waals surface area contributed by atoms with E-state index in [9.17, 15) is 4.79 Å². The molecule has 5 heteroatoms. The first kappa shape index (κ1) is 13.8. The zero-order chi connectivity index (χ0) is 15.6. The topological polar surface area (TPSA) is 51.9 Å². The van der Waals surface area contributed by atoms with Crippen LogP contribution in [0.1, 0.15) is 22.5 Å². The van der Waals surface area contributed by atoms with Crippen molar-refractivity contribution >= 4 is 5.91 Å². The van der Waals surface area contributed by atoms with Gasteiger partial charge in [0.15, 0.2) is 0 Å². The molecule has 1 N–H and O–H groups in total. The molecule has 5 nitrogen and oxygen atoms in total. The van der Waals surface area contributed by atoms with E-state index in [4.69, 9.17) is 0 Å². The van der Waals surface area contributed by atoms with Crippen LogP contribution < -0.4 is 5.32 Å². The van der Waals surface area contributed by atoms with Crippen molar-refractivity contribution in [3.8, 4) is 5.69 Å². The number of carbonyl (C=O) groups is 1. The maximum Gasteiger partial charge on any atom is 0.251 e.